The van der Waals surface area contributed by atoms with Crippen LogP contribution in [-0.2, 0) is 0 Å². The largest absolute Gasteiger partial charge is 0.396 e. The Labute approximate surface area is 62.3 Å². The summed E-state index contributed by atoms with van der Waals surface area (Å²) >= 11 is 0. The third-order valence-corrected chi connectivity index (χ3v) is 1.26. The molecular weight excluding hydrogens is 130 g/mol. The molecule has 0 saturated carbocycles. The maximum absolute atomic E-state index is 8.44. The number of aliphatic hydroxyl groups excluding tert-OH is 2. The SMILES string of the molecule is [CH2]N(CCCO)CCCO. The van der Waals surface area contributed by atoms with Crippen LogP contribution in [0.5, 0.6) is 0 Å². The molecule has 0 atom stereocenters. The third kappa shape index (κ3) is 6.01. The van der Waals surface area contributed by atoms with Gasteiger partial charge in [0.1, 0.15) is 0 Å². The van der Waals surface area contributed by atoms with E-state index in [9.17, 15) is 0 Å². The lowest BCUT2D eigenvalue weighted by molar-refractivity contribution is 0.235. The van der Waals surface area contributed by atoms with Gasteiger partial charge in [-0.25, -0.2) is 0 Å². The van der Waals surface area contributed by atoms with Gasteiger partial charge in [-0.2, -0.15) is 0 Å². The van der Waals surface area contributed by atoms with E-state index < -0.39 is 0 Å². The highest BCUT2D eigenvalue weighted by Crippen LogP contribution is 1.89. The van der Waals surface area contributed by atoms with Gasteiger partial charge in [-0.15, -0.1) is 0 Å². The molecule has 0 saturated heterocycles. The molecule has 2 N–H and O–H groups in total. The van der Waals surface area contributed by atoms with E-state index in [0.717, 1.165) is 25.9 Å². The summed E-state index contributed by atoms with van der Waals surface area (Å²) in [5, 5.41) is 16.9. The van der Waals surface area contributed by atoms with E-state index in [0.29, 0.717) is 0 Å². The molecule has 0 aliphatic carbocycles. The van der Waals surface area contributed by atoms with E-state index in [4.69, 9.17) is 10.2 Å². The molecule has 0 unspecified atom stereocenters. The first-order chi connectivity index (χ1) is 4.81. The van der Waals surface area contributed by atoms with Gasteiger partial charge in [0, 0.05) is 33.4 Å². The number of rotatable bonds is 6. The average molecular weight is 146 g/mol. The predicted octanol–water partition coefficient (Wildman–Crippen LogP) is -0.155. The van der Waals surface area contributed by atoms with Crippen LogP contribution in [0.1, 0.15) is 12.8 Å². The van der Waals surface area contributed by atoms with Gasteiger partial charge in [-0.3, -0.25) is 0 Å². The van der Waals surface area contributed by atoms with Crippen molar-refractivity contribution in [2.45, 2.75) is 12.8 Å². The van der Waals surface area contributed by atoms with Crippen molar-refractivity contribution in [2.24, 2.45) is 0 Å². The molecule has 0 aliphatic rings. The summed E-state index contributed by atoms with van der Waals surface area (Å²) in [6.45, 7) is 2.03. The van der Waals surface area contributed by atoms with Crippen molar-refractivity contribution in [1.29, 1.82) is 0 Å². The molecular formula is C7H16NO2. The molecule has 61 valence electrons. The van der Waals surface area contributed by atoms with Crippen LogP contribution in [0.2, 0.25) is 0 Å². The molecule has 0 aromatic heterocycles. The highest BCUT2D eigenvalue weighted by atomic mass is 16.3. The van der Waals surface area contributed by atoms with Gasteiger partial charge in [0.05, 0.1) is 0 Å². The van der Waals surface area contributed by atoms with Crippen LogP contribution in [-0.4, -0.2) is 41.4 Å². The molecule has 0 heterocycles. The third-order valence-electron chi connectivity index (χ3n) is 1.26. The first kappa shape index (κ1) is 9.88. The van der Waals surface area contributed by atoms with Crippen LogP contribution in [0.4, 0.5) is 0 Å². The molecule has 0 aromatic rings. The van der Waals surface area contributed by atoms with Crippen LogP contribution < -0.4 is 0 Å². The van der Waals surface area contributed by atoms with E-state index in [1.807, 2.05) is 4.90 Å². The molecule has 3 nitrogen and oxygen atoms in total. The van der Waals surface area contributed by atoms with Crippen molar-refractivity contribution in [3.8, 4) is 0 Å². The lowest BCUT2D eigenvalue weighted by atomic mass is 10.3. The molecule has 0 spiro atoms. The van der Waals surface area contributed by atoms with Crippen LogP contribution in [0, 0.1) is 7.05 Å². The van der Waals surface area contributed by atoms with Gasteiger partial charge in [0.25, 0.3) is 0 Å². The average Bonchev–Trinajstić information content (AvgIpc) is 1.97. The van der Waals surface area contributed by atoms with Gasteiger partial charge in [0.15, 0.2) is 0 Å². The van der Waals surface area contributed by atoms with Crippen molar-refractivity contribution in [2.75, 3.05) is 26.3 Å². The van der Waals surface area contributed by atoms with Crippen molar-refractivity contribution >= 4 is 0 Å². The summed E-state index contributed by atoms with van der Waals surface area (Å²) < 4.78 is 0. The van der Waals surface area contributed by atoms with Crippen LogP contribution >= 0.6 is 0 Å². The Hall–Kier alpha value is -0.120. The van der Waals surface area contributed by atoms with Gasteiger partial charge in [-0.1, -0.05) is 0 Å². The molecule has 0 aliphatic heterocycles. The maximum atomic E-state index is 8.44. The fraction of sp³-hybridized carbons (Fsp3) is 0.857. The lowest BCUT2D eigenvalue weighted by Crippen LogP contribution is -2.20. The maximum Gasteiger partial charge on any atom is 0.0443 e. The Morgan fingerprint density at radius 1 is 1.00 bits per heavy atom. The minimum Gasteiger partial charge on any atom is -0.396 e. The lowest BCUT2D eigenvalue weighted by Gasteiger charge is -2.13. The number of nitrogens with zero attached hydrogens (tertiary/aromatic N) is 1. The zero-order valence-electron chi connectivity index (χ0n) is 6.29. The van der Waals surface area contributed by atoms with Crippen LogP contribution in [0.15, 0.2) is 0 Å². The highest BCUT2D eigenvalue weighted by molar-refractivity contribution is 4.54. The Bertz CT molecular complexity index is 60.6. The molecule has 0 bridgehead atoms. The summed E-state index contributed by atoms with van der Waals surface area (Å²) in [5.41, 5.74) is 0. The van der Waals surface area contributed by atoms with Crippen molar-refractivity contribution in [3.05, 3.63) is 7.05 Å². The monoisotopic (exact) mass is 146 g/mol. The van der Waals surface area contributed by atoms with E-state index in [2.05, 4.69) is 7.05 Å². The smallest absolute Gasteiger partial charge is 0.0443 e. The summed E-state index contributed by atoms with van der Waals surface area (Å²) in [4.78, 5) is 1.85. The fourth-order valence-corrected chi connectivity index (χ4v) is 0.700. The van der Waals surface area contributed by atoms with Crippen molar-refractivity contribution in [3.63, 3.8) is 0 Å². The zero-order valence-corrected chi connectivity index (χ0v) is 6.29. The van der Waals surface area contributed by atoms with E-state index in [1.165, 1.54) is 0 Å². The predicted molar refractivity (Wildman–Crippen MR) is 40.3 cm³/mol. The van der Waals surface area contributed by atoms with Crippen molar-refractivity contribution < 1.29 is 10.2 Å². The minimum absolute atomic E-state index is 0.213. The Balaban J connectivity index is 3.00. The number of hydrogen-bond donors (Lipinski definition) is 2. The molecule has 0 aromatic carbocycles. The van der Waals surface area contributed by atoms with Gasteiger partial charge < -0.3 is 15.1 Å². The van der Waals surface area contributed by atoms with Gasteiger partial charge in [0.2, 0.25) is 0 Å². The summed E-state index contributed by atoms with van der Waals surface area (Å²) in [7, 11) is 3.72. The molecule has 3 heteroatoms. The first-order valence-electron chi connectivity index (χ1n) is 3.58. The van der Waals surface area contributed by atoms with E-state index in [1.54, 1.807) is 0 Å². The molecule has 0 fully saturated rings. The molecule has 0 rings (SSSR count). The number of hydrogen-bond acceptors (Lipinski definition) is 3. The normalized spacial score (nSPS) is 10.8. The summed E-state index contributed by atoms with van der Waals surface area (Å²) in [6, 6.07) is 0. The standard InChI is InChI=1S/C7H16NO2/c1-8(4-2-6-9)5-3-7-10/h9-10H,1-7H2. The van der Waals surface area contributed by atoms with Crippen LogP contribution in [0.3, 0.4) is 0 Å². The second-order valence-electron chi connectivity index (χ2n) is 2.27. The first-order valence-corrected chi connectivity index (χ1v) is 3.58. The summed E-state index contributed by atoms with van der Waals surface area (Å²) in [6.07, 6.45) is 1.52. The molecule has 0 amide bonds. The Morgan fingerprint density at radius 3 is 1.70 bits per heavy atom. The van der Waals surface area contributed by atoms with Gasteiger partial charge in [-0.05, 0) is 12.8 Å². The zero-order chi connectivity index (χ0) is 7.82. The minimum atomic E-state index is 0.213. The Kier molecular flexibility index (Phi) is 6.91. The quantitative estimate of drug-likeness (QED) is 0.547. The second-order valence-corrected chi connectivity index (χ2v) is 2.27. The molecule has 1 radical (unpaired) electrons. The van der Waals surface area contributed by atoms with Crippen molar-refractivity contribution in [1.82, 2.24) is 4.90 Å². The topological polar surface area (TPSA) is 43.7 Å². The van der Waals surface area contributed by atoms with Gasteiger partial charge >= 0.3 is 0 Å². The second kappa shape index (κ2) is 6.99. The highest BCUT2D eigenvalue weighted by Gasteiger charge is 1.95. The molecule has 10 heavy (non-hydrogen) atoms. The van der Waals surface area contributed by atoms with E-state index >= 15 is 0 Å². The summed E-state index contributed by atoms with van der Waals surface area (Å²) in [5.74, 6) is 0. The Morgan fingerprint density at radius 2 is 1.40 bits per heavy atom. The van der Waals surface area contributed by atoms with Crippen LogP contribution in [0.25, 0.3) is 0 Å². The fourth-order valence-electron chi connectivity index (χ4n) is 0.700. The van der Waals surface area contributed by atoms with E-state index in [-0.39, 0.29) is 13.2 Å². The number of aliphatic hydroxyl groups is 2.